The van der Waals surface area contributed by atoms with Gasteiger partial charge in [-0.1, -0.05) is 0 Å². The standard InChI is InChI=1S/C5H14O6Si/c1-4-8-10-12(6,7-3)11-9-5-2/h6H,4-5H2,1-3H3. The van der Waals surface area contributed by atoms with Crippen molar-refractivity contribution in [2.45, 2.75) is 13.8 Å². The fraction of sp³-hybridized carbons (Fsp3) is 1.00. The molecular weight excluding hydrogens is 184 g/mol. The summed E-state index contributed by atoms with van der Waals surface area (Å²) in [5, 5.41) is 0. The first-order chi connectivity index (χ1) is 5.68. The predicted molar refractivity (Wildman–Crippen MR) is 40.4 cm³/mol. The second-order valence-electron chi connectivity index (χ2n) is 1.71. The zero-order valence-corrected chi connectivity index (χ0v) is 8.40. The van der Waals surface area contributed by atoms with Gasteiger partial charge < -0.3 is 9.22 Å². The molecule has 0 aliphatic heterocycles. The Bertz CT molecular complexity index is 102. The summed E-state index contributed by atoms with van der Waals surface area (Å²) < 4.78 is 13.5. The molecule has 74 valence electrons. The Morgan fingerprint density at radius 3 is 1.75 bits per heavy atom. The first kappa shape index (κ1) is 12.0. The normalized spacial score (nSPS) is 12.0. The summed E-state index contributed by atoms with van der Waals surface area (Å²) in [6.45, 7) is 3.97. The first-order valence-corrected chi connectivity index (χ1v) is 5.24. The molecule has 0 bridgehead atoms. The fourth-order valence-corrected chi connectivity index (χ4v) is 1.05. The predicted octanol–water partition coefficient (Wildman–Crippen LogP) is -0.00310. The third kappa shape index (κ3) is 4.77. The van der Waals surface area contributed by atoms with E-state index < -0.39 is 9.05 Å². The molecule has 0 aliphatic carbocycles. The molecule has 0 unspecified atom stereocenters. The second kappa shape index (κ2) is 6.49. The highest BCUT2D eigenvalue weighted by Crippen LogP contribution is 2.04. The third-order valence-electron chi connectivity index (χ3n) is 0.822. The Hall–Kier alpha value is -0.0231. The van der Waals surface area contributed by atoms with E-state index in [-0.39, 0.29) is 13.2 Å². The summed E-state index contributed by atoms with van der Waals surface area (Å²) >= 11 is 0. The quantitative estimate of drug-likeness (QED) is 0.353. The molecule has 0 aromatic rings. The Morgan fingerprint density at radius 1 is 1.08 bits per heavy atom. The number of rotatable bonds is 7. The van der Waals surface area contributed by atoms with Crippen molar-refractivity contribution in [2.75, 3.05) is 20.3 Å². The Labute approximate surface area is 72.3 Å². The Kier molecular flexibility index (Phi) is 6.48. The van der Waals surface area contributed by atoms with Crippen LogP contribution >= 0.6 is 0 Å². The van der Waals surface area contributed by atoms with Gasteiger partial charge in [-0.15, -0.1) is 0 Å². The molecule has 12 heavy (non-hydrogen) atoms. The van der Waals surface area contributed by atoms with Gasteiger partial charge in [0, 0.05) is 7.11 Å². The molecule has 0 spiro atoms. The molecule has 7 heteroatoms. The maximum absolute atomic E-state index is 9.30. The monoisotopic (exact) mass is 198 g/mol. The van der Waals surface area contributed by atoms with Gasteiger partial charge in [0.2, 0.25) is 0 Å². The van der Waals surface area contributed by atoms with Crippen molar-refractivity contribution in [3.8, 4) is 0 Å². The van der Waals surface area contributed by atoms with Crippen molar-refractivity contribution in [1.82, 2.24) is 0 Å². The highest BCUT2D eigenvalue weighted by atomic mass is 28.4. The molecule has 1 N–H and O–H groups in total. The fourth-order valence-electron chi connectivity index (χ4n) is 0.349. The summed E-state index contributed by atoms with van der Waals surface area (Å²) in [5.41, 5.74) is 0. The molecule has 0 saturated carbocycles. The third-order valence-corrected chi connectivity index (χ3v) is 1.99. The van der Waals surface area contributed by atoms with Crippen LogP contribution in [0.1, 0.15) is 13.8 Å². The second-order valence-corrected chi connectivity index (χ2v) is 3.50. The van der Waals surface area contributed by atoms with Crippen molar-refractivity contribution in [1.29, 1.82) is 0 Å². The van der Waals surface area contributed by atoms with Gasteiger partial charge in [-0.25, -0.2) is 9.78 Å². The largest absolute Gasteiger partial charge is 0.733 e. The molecule has 0 aliphatic rings. The van der Waals surface area contributed by atoms with Gasteiger partial charge in [0.15, 0.2) is 0 Å². The molecule has 0 heterocycles. The highest BCUT2D eigenvalue weighted by molar-refractivity contribution is 6.51. The van der Waals surface area contributed by atoms with E-state index in [0.29, 0.717) is 0 Å². The van der Waals surface area contributed by atoms with Crippen LogP contribution in [0.5, 0.6) is 0 Å². The lowest BCUT2D eigenvalue weighted by Crippen LogP contribution is -2.45. The van der Waals surface area contributed by atoms with E-state index >= 15 is 0 Å². The summed E-state index contributed by atoms with van der Waals surface area (Å²) in [4.78, 5) is 18.2. The number of hydrogen-bond acceptors (Lipinski definition) is 6. The van der Waals surface area contributed by atoms with Gasteiger partial charge >= 0.3 is 9.05 Å². The number of hydrogen-bond donors (Lipinski definition) is 1. The van der Waals surface area contributed by atoms with E-state index in [1.807, 2.05) is 0 Å². The molecule has 0 radical (unpaired) electrons. The van der Waals surface area contributed by atoms with Gasteiger partial charge in [0.25, 0.3) is 0 Å². The van der Waals surface area contributed by atoms with Gasteiger partial charge in [-0.05, 0) is 13.8 Å². The van der Waals surface area contributed by atoms with Crippen LogP contribution in [0.3, 0.4) is 0 Å². The van der Waals surface area contributed by atoms with Crippen LogP contribution in [-0.2, 0) is 23.4 Å². The van der Waals surface area contributed by atoms with Crippen LogP contribution in [0, 0.1) is 0 Å². The molecule has 0 fully saturated rings. The SMILES string of the molecule is CCOO[Si](O)(OC)OOCC. The van der Waals surface area contributed by atoms with E-state index in [2.05, 4.69) is 23.4 Å². The van der Waals surface area contributed by atoms with Crippen molar-refractivity contribution < 1.29 is 28.2 Å². The Balaban J connectivity index is 3.70. The maximum Gasteiger partial charge on any atom is 0.733 e. The Morgan fingerprint density at radius 2 is 1.50 bits per heavy atom. The van der Waals surface area contributed by atoms with E-state index in [1.165, 1.54) is 7.11 Å². The smallest absolute Gasteiger partial charge is 0.365 e. The minimum Gasteiger partial charge on any atom is -0.365 e. The van der Waals surface area contributed by atoms with Gasteiger partial charge in [0.05, 0.1) is 13.2 Å². The van der Waals surface area contributed by atoms with Gasteiger partial charge in [-0.2, -0.15) is 9.15 Å². The molecule has 0 atom stereocenters. The van der Waals surface area contributed by atoms with Crippen LogP contribution < -0.4 is 0 Å². The lowest BCUT2D eigenvalue weighted by Gasteiger charge is -2.17. The average Bonchev–Trinajstić information content (AvgIpc) is 2.11. The molecule has 0 aromatic heterocycles. The van der Waals surface area contributed by atoms with E-state index in [1.54, 1.807) is 13.8 Å². The molecule has 0 amide bonds. The van der Waals surface area contributed by atoms with Gasteiger partial charge in [0.1, 0.15) is 0 Å². The minimum absolute atomic E-state index is 0.286. The van der Waals surface area contributed by atoms with Crippen molar-refractivity contribution in [3.63, 3.8) is 0 Å². The highest BCUT2D eigenvalue weighted by Gasteiger charge is 2.44. The average molecular weight is 198 g/mol. The van der Waals surface area contributed by atoms with E-state index in [0.717, 1.165) is 0 Å². The zero-order chi connectivity index (χ0) is 9.45. The summed E-state index contributed by atoms with van der Waals surface area (Å²) in [5.74, 6) is 0. The van der Waals surface area contributed by atoms with E-state index in [9.17, 15) is 4.80 Å². The van der Waals surface area contributed by atoms with E-state index in [4.69, 9.17) is 0 Å². The van der Waals surface area contributed by atoms with Crippen molar-refractivity contribution in [2.24, 2.45) is 0 Å². The van der Waals surface area contributed by atoms with Crippen LogP contribution in [0.4, 0.5) is 0 Å². The van der Waals surface area contributed by atoms with Crippen LogP contribution in [0.2, 0.25) is 0 Å². The summed E-state index contributed by atoms with van der Waals surface area (Å²) in [7, 11) is -2.47. The zero-order valence-electron chi connectivity index (χ0n) is 7.40. The minimum atomic E-state index is -3.71. The molecular formula is C5H14O6Si. The lowest BCUT2D eigenvalue weighted by molar-refractivity contribution is -0.331. The molecule has 0 aromatic carbocycles. The summed E-state index contributed by atoms with van der Waals surface area (Å²) in [6.07, 6.45) is 0. The first-order valence-electron chi connectivity index (χ1n) is 3.57. The van der Waals surface area contributed by atoms with Crippen molar-refractivity contribution in [3.05, 3.63) is 0 Å². The molecule has 6 nitrogen and oxygen atoms in total. The molecule has 0 saturated heterocycles. The van der Waals surface area contributed by atoms with Crippen LogP contribution in [0.15, 0.2) is 0 Å². The van der Waals surface area contributed by atoms with Crippen LogP contribution in [-0.4, -0.2) is 34.2 Å². The lowest BCUT2D eigenvalue weighted by atomic mass is 10.9. The van der Waals surface area contributed by atoms with Crippen molar-refractivity contribution >= 4 is 9.05 Å². The topological polar surface area (TPSA) is 66.4 Å². The molecule has 0 rings (SSSR count). The van der Waals surface area contributed by atoms with Crippen LogP contribution in [0.25, 0.3) is 0 Å². The van der Waals surface area contributed by atoms with Gasteiger partial charge in [-0.3, -0.25) is 0 Å². The maximum atomic E-state index is 9.30. The summed E-state index contributed by atoms with van der Waals surface area (Å²) in [6, 6.07) is 0.